The van der Waals surface area contributed by atoms with Gasteiger partial charge in [-0.2, -0.15) is 0 Å². The normalized spacial score (nSPS) is 17.1. The van der Waals surface area contributed by atoms with Gasteiger partial charge in [-0.15, -0.1) is 12.4 Å². The Morgan fingerprint density at radius 3 is 2.22 bits per heavy atom. The summed E-state index contributed by atoms with van der Waals surface area (Å²) in [5, 5.41) is 0. The Kier molecular flexibility index (Phi) is 10.6. The molecule has 11 heteroatoms. The van der Waals surface area contributed by atoms with Crippen molar-refractivity contribution in [1.82, 2.24) is 9.80 Å². The first-order chi connectivity index (χ1) is 19.1. The largest absolute Gasteiger partial charge is 0.481 e. The molecular formula is C30H33ClF2N4O4. The summed E-state index contributed by atoms with van der Waals surface area (Å²) in [5.74, 6) is -3.53. The predicted octanol–water partition coefficient (Wildman–Crippen LogP) is 3.73. The minimum absolute atomic E-state index is 0. The monoisotopic (exact) mass is 586 g/mol. The number of fused-ring (bicyclic) bond motifs is 1. The molecule has 0 spiro atoms. The average Bonchev–Trinajstić information content (AvgIpc) is 3.02. The molecule has 0 fully saturated rings. The van der Waals surface area contributed by atoms with E-state index in [0.717, 1.165) is 17.0 Å². The van der Waals surface area contributed by atoms with Crippen molar-refractivity contribution < 1.29 is 27.9 Å². The second-order valence-electron chi connectivity index (χ2n) is 10.00. The zero-order valence-corrected chi connectivity index (χ0v) is 23.8. The van der Waals surface area contributed by atoms with Gasteiger partial charge in [0.2, 0.25) is 11.8 Å². The molecular weight excluding hydrogens is 554 g/mol. The van der Waals surface area contributed by atoms with E-state index in [0.29, 0.717) is 29.6 Å². The highest BCUT2D eigenvalue weighted by atomic mass is 35.5. The van der Waals surface area contributed by atoms with Crippen LogP contribution < -0.4 is 15.4 Å². The van der Waals surface area contributed by atoms with Crippen LogP contribution in [0, 0.1) is 11.6 Å². The first kappa shape index (κ1) is 31.7. The summed E-state index contributed by atoms with van der Waals surface area (Å²) in [6, 6.07) is 15.9. The van der Waals surface area contributed by atoms with Crippen LogP contribution in [0.1, 0.15) is 24.2 Å². The molecule has 0 radical (unpaired) electrons. The molecule has 1 aliphatic heterocycles. The molecule has 0 aliphatic carbocycles. The maximum Gasteiger partial charge on any atom is 0.254 e. The van der Waals surface area contributed by atoms with Gasteiger partial charge in [0, 0.05) is 19.2 Å². The third-order valence-electron chi connectivity index (χ3n) is 6.57. The molecule has 0 aromatic heterocycles. The molecule has 8 nitrogen and oxygen atoms in total. The van der Waals surface area contributed by atoms with Crippen LogP contribution in [0.5, 0.6) is 5.75 Å². The predicted molar refractivity (Wildman–Crippen MR) is 154 cm³/mol. The van der Waals surface area contributed by atoms with Crippen molar-refractivity contribution in [1.29, 1.82) is 0 Å². The van der Waals surface area contributed by atoms with Gasteiger partial charge >= 0.3 is 0 Å². The quantitative estimate of drug-likeness (QED) is 0.432. The lowest BCUT2D eigenvalue weighted by Crippen LogP contribution is -2.59. The van der Waals surface area contributed by atoms with Gasteiger partial charge in [0.15, 0.2) is 12.1 Å². The summed E-state index contributed by atoms with van der Waals surface area (Å²) in [6.45, 7) is 2.14. The SMILES string of the molecule is C[C@@H](N)C(=O)N(C(=O)Cc1cc(F)cc(F)c1)[C@@H]1C(=O)N(CCN(C)C)c2ccccc2OC1c1ccccc1.Cl. The van der Waals surface area contributed by atoms with E-state index in [1.807, 2.05) is 19.0 Å². The van der Waals surface area contributed by atoms with Gasteiger partial charge in [-0.05, 0) is 56.4 Å². The number of benzene rings is 3. The topological polar surface area (TPSA) is 96.2 Å². The van der Waals surface area contributed by atoms with E-state index in [9.17, 15) is 23.2 Å². The molecule has 3 amide bonds. The number of rotatable bonds is 8. The average molecular weight is 587 g/mol. The second kappa shape index (κ2) is 13.7. The van der Waals surface area contributed by atoms with Crippen molar-refractivity contribution in [2.24, 2.45) is 5.73 Å². The highest BCUT2D eigenvalue weighted by Gasteiger charge is 2.47. The highest BCUT2D eigenvalue weighted by Crippen LogP contribution is 2.39. The number of ether oxygens (including phenoxy) is 1. The Hall–Kier alpha value is -3.86. The van der Waals surface area contributed by atoms with E-state index >= 15 is 0 Å². The number of anilines is 1. The van der Waals surface area contributed by atoms with Crippen molar-refractivity contribution >= 4 is 35.8 Å². The fourth-order valence-electron chi connectivity index (χ4n) is 4.67. The highest BCUT2D eigenvalue weighted by molar-refractivity contribution is 6.07. The van der Waals surface area contributed by atoms with Gasteiger partial charge in [0.1, 0.15) is 17.4 Å². The van der Waals surface area contributed by atoms with Crippen LogP contribution in [0.4, 0.5) is 14.5 Å². The van der Waals surface area contributed by atoms with E-state index < -0.39 is 54.0 Å². The number of imide groups is 1. The fourth-order valence-corrected chi connectivity index (χ4v) is 4.67. The maximum absolute atomic E-state index is 14.5. The van der Waals surface area contributed by atoms with Crippen LogP contribution in [0.25, 0.3) is 0 Å². The maximum atomic E-state index is 14.5. The molecule has 218 valence electrons. The Labute approximate surface area is 244 Å². The van der Waals surface area contributed by atoms with E-state index in [1.165, 1.54) is 11.8 Å². The zero-order chi connectivity index (χ0) is 29.0. The summed E-state index contributed by atoms with van der Waals surface area (Å²) in [4.78, 5) is 46.1. The van der Waals surface area contributed by atoms with Crippen molar-refractivity contribution in [3.05, 3.63) is 95.6 Å². The van der Waals surface area contributed by atoms with E-state index in [4.69, 9.17) is 10.5 Å². The number of para-hydroxylation sites is 2. The third-order valence-corrected chi connectivity index (χ3v) is 6.57. The van der Waals surface area contributed by atoms with Gasteiger partial charge in [-0.25, -0.2) is 8.78 Å². The van der Waals surface area contributed by atoms with Gasteiger partial charge in [-0.1, -0.05) is 42.5 Å². The van der Waals surface area contributed by atoms with Crippen LogP contribution >= 0.6 is 12.4 Å². The van der Waals surface area contributed by atoms with Crippen molar-refractivity contribution in [3.63, 3.8) is 0 Å². The number of nitrogens with zero attached hydrogens (tertiary/aromatic N) is 3. The first-order valence-electron chi connectivity index (χ1n) is 12.9. The number of nitrogens with two attached hydrogens (primary N) is 1. The Morgan fingerprint density at radius 1 is 1.00 bits per heavy atom. The minimum atomic E-state index is -1.46. The van der Waals surface area contributed by atoms with Gasteiger partial charge in [0.05, 0.1) is 18.2 Å². The Morgan fingerprint density at radius 2 is 1.61 bits per heavy atom. The van der Waals surface area contributed by atoms with Crippen LogP contribution in [-0.2, 0) is 20.8 Å². The molecule has 3 aromatic rings. The number of halogens is 3. The molecule has 1 aliphatic rings. The van der Waals surface area contributed by atoms with Crippen LogP contribution in [0.15, 0.2) is 72.8 Å². The summed E-state index contributed by atoms with van der Waals surface area (Å²) in [7, 11) is 3.73. The third kappa shape index (κ3) is 7.27. The van der Waals surface area contributed by atoms with E-state index in [1.54, 1.807) is 54.6 Å². The van der Waals surface area contributed by atoms with Gasteiger partial charge in [0.25, 0.3) is 5.91 Å². The zero-order valence-electron chi connectivity index (χ0n) is 23.0. The van der Waals surface area contributed by atoms with Crippen molar-refractivity contribution in [3.8, 4) is 5.75 Å². The van der Waals surface area contributed by atoms with Crippen molar-refractivity contribution in [2.45, 2.75) is 31.5 Å². The molecule has 1 heterocycles. The van der Waals surface area contributed by atoms with Crippen LogP contribution in [0.2, 0.25) is 0 Å². The Bertz CT molecular complexity index is 1370. The van der Waals surface area contributed by atoms with Crippen molar-refractivity contribution in [2.75, 3.05) is 32.1 Å². The minimum Gasteiger partial charge on any atom is -0.481 e. The summed E-state index contributed by atoms with van der Waals surface area (Å²) in [5.41, 5.74) is 7.03. The van der Waals surface area contributed by atoms with Gasteiger partial charge in [-0.3, -0.25) is 19.3 Å². The second-order valence-corrected chi connectivity index (χ2v) is 10.00. The van der Waals surface area contributed by atoms with Gasteiger partial charge < -0.3 is 20.3 Å². The number of hydrogen-bond donors (Lipinski definition) is 1. The lowest BCUT2D eigenvalue weighted by Gasteiger charge is -2.36. The standard InChI is InChI=1S/C30H32F2N4O4.ClH/c1-19(33)29(38)36(26(37)17-20-15-22(31)18-23(32)16-20)27-28(21-9-5-4-6-10-21)40-25-12-8-7-11-24(25)35(30(27)39)14-13-34(2)3;/h4-12,15-16,18-19,27-28H,13-14,17,33H2,1-3H3;1H/t19-,27+,28?;/m1./s1. The summed E-state index contributed by atoms with van der Waals surface area (Å²) < 4.78 is 34.3. The number of hydrogen-bond acceptors (Lipinski definition) is 6. The molecule has 41 heavy (non-hydrogen) atoms. The van der Waals surface area contributed by atoms with E-state index in [-0.39, 0.29) is 24.5 Å². The lowest BCUT2D eigenvalue weighted by molar-refractivity contribution is -0.154. The molecule has 1 unspecified atom stereocenters. The van der Waals surface area contributed by atoms with Crippen LogP contribution in [0.3, 0.4) is 0 Å². The molecule has 3 atom stereocenters. The number of carbonyl (C=O) groups excluding carboxylic acids is 3. The molecule has 4 rings (SSSR count). The smallest absolute Gasteiger partial charge is 0.254 e. The molecule has 3 aromatic carbocycles. The summed E-state index contributed by atoms with van der Waals surface area (Å²) >= 11 is 0. The first-order valence-corrected chi connectivity index (χ1v) is 12.9. The number of likely N-dealkylation sites (N-methyl/N-ethyl adjacent to an activating group) is 1. The fraction of sp³-hybridized carbons (Fsp3) is 0.300. The molecule has 0 saturated carbocycles. The van der Waals surface area contributed by atoms with Crippen LogP contribution in [-0.4, -0.2) is 66.8 Å². The molecule has 0 bridgehead atoms. The summed E-state index contributed by atoms with van der Waals surface area (Å²) in [6.07, 6.45) is -1.63. The number of amides is 3. The molecule has 2 N–H and O–H groups in total. The van der Waals surface area contributed by atoms with E-state index in [2.05, 4.69) is 0 Å². The Balaban J connectivity index is 0.00000462. The lowest BCUT2D eigenvalue weighted by atomic mass is 9.97. The number of carbonyl (C=O) groups is 3. The molecule has 0 saturated heterocycles.